The van der Waals surface area contributed by atoms with Crippen molar-refractivity contribution in [2.75, 3.05) is 13.1 Å². The van der Waals surface area contributed by atoms with Crippen molar-refractivity contribution in [3.05, 3.63) is 56.2 Å². The van der Waals surface area contributed by atoms with Crippen LogP contribution in [0.5, 0.6) is 0 Å². The van der Waals surface area contributed by atoms with Gasteiger partial charge < -0.3 is 5.32 Å². The van der Waals surface area contributed by atoms with Crippen molar-refractivity contribution >= 4 is 45.0 Å². The van der Waals surface area contributed by atoms with E-state index in [1.807, 2.05) is 17.5 Å². The molecule has 0 unspecified atom stereocenters. The first-order chi connectivity index (χ1) is 12.1. The van der Waals surface area contributed by atoms with E-state index in [0.717, 1.165) is 10.9 Å². The van der Waals surface area contributed by atoms with E-state index >= 15 is 0 Å². The van der Waals surface area contributed by atoms with E-state index in [0.29, 0.717) is 30.5 Å². The monoisotopic (exact) mass is 420 g/mol. The molecular formula is C18H17BrN2O3S. The smallest absolute Gasteiger partial charge is 0.261 e. The lowest BCUT2D eigenvalue weighted by atomic mass is 10.1. The zero-order valence-corrected chi connectivity index (χ0v) is 15.9. The van der Waals surface area contributed by atoms with Crippen molar-refractivity contribution in [1.29, 1.82) is 0 Å². The summed E-state index contributed by atoms with van der Waals surface area (Å²) in [5.41, 5.74) is 0.841. The number of nitrogens with zero attached hydrogens (tertiary/aromatic N) is 1. The Morgan fingerprint density at radius 1 is 1.16 bits per heavy atom. The number of rotatable bonds is 7. The molecule has 0 atom stereocenters. The highest BCUT2D eigenvalue weighted by Crippen LogP contribution is 2.26. The number of imide groups is 1. The number of benzene rings is 1. The second-order valence-corrected chi connectivity index (χ2v) is 7.68. The van der Waals surface area contributed by atoms with Gasteiger partial charge in [0.25, 0.3) is 11.8 Å². The maximum atomic E-state index is 12.3. The predicted molar refractivity (Wildman–Crippen MR) is 99.8 cm³/mol. The average Bonchev–Trinajstić information content (AvgIpc) is 3.18. The summed E-state index contributed by atoms with van der Waals surface area (Å²) in [5, 5.41) is 4.88. The van der Waals surface area contributed by atoms with Crippen LogP contribution in [-0.2, 0) is 11.2 Å². The quantitative estimate of drug-likeness (QED) is 0.699. The predicted octanol–water partition coefficient (Wildman–Crippen LogP) is 3.25. The molecule has 0 bridgehead atoms. The van der Waals surface area contributed by atoms with Gasteiger partial charge in [-0.25, -0.2) is 0 Å². The summed E-state index contributed by atoms with van der Waals surface area (Å²) in [7, 11) is 0. The SMILES string of the molecule is O=C(CCCN1C(=O)c2ccc(Br)cc2C1=O)NCCc1cccs1. The summed E-state index contributed by atoms with van der Waals surface area (Å²) < 4.78 is 0.763. The summed E-state index contributed by atoms with van der Waals surface area (Å²) in [6, 6.07) is 9.08. The summed E-state index contributed by atoms with van der Waals surface area (Å²) in [6.45, 7) is 0.850. The third kappa shape index (κ3) is 4.16. The lowest BCUT2D eigenvalue weighted by Crippen LogP contribution is -2.32. The number of carbonyl (C=O) groups excluding carboxylic acids is 3. The summed E-state index contributed by atoms with van der Waals surface area (Å²) in [6.07, 6.45) is 1.57. The first kappa shape index (κ1) is 17.8. The van der Waals surface area contributed by atoms with Gasteiger partial charge in [0.1, 0.15) is 0 Å². The molecule has 1 aromatic carbocycles. The average molecular weight is 421 g/mol. The van der Waals surface area contributed by atoms with Crippen LogP contribution < -0.4 is 5.32 Å². The molecule has 3 rings (SSSR count). The molecule has 0 aliphatic carbocycles. The molecule has 1 N–H and O–H groups in total. The highest BCUT2D eigenvalue weighted by atomic mass is 79.9. The highest BCUT2D eigenvalue weighted by Gasteiger charge is 2.35. The number of thiophene rings is 1. The number of hydrogen-bond donors (Lipinski definition) is 1. The van der Waals surface area contributed by atoms with E-state index < -0.39 is 0 Å². The van der Waals surface area contributed by atoms with Crippen LogP contribution >= 0.6 is 27.3 Å². The highest BCUT2D eigenvalue weighted by molar-refractivity contribution is 9.10. The molecule has 1 aliphatic heterocycles. The van der Waals surface area contributed by atoms with Crippen molar-refractivity contribution in [3.63, 3.8) is 0 Å². The van der Waals surface area contributed by atoms with E-state index in [2.05, 4.69) is 21.2 Å². The molecule has 7 heteroatoms. The molecule has 25 heavy (non-hydrogen) atoms. The van der Waals surface area contributed by atoms with Gasteiger partial charge in [0.15, 0.2) is 0 Å². The second-order valence-electron chi connectivity index (χ2n) is 5.73. The summed E-state index contributed by atoms with van der Waals surface area (Å²) >= 11 is 4.98. The van der Waals surface area contributed by atoms with Crippen LogP contribution in [0.4, 0.5) is 0 Å². The lowest BCUT2D eigenvalue weighted by Gasteiger charge is -2.13. The van der Waals surface area contributed by atoms with E-state index in [1.54, 1.807) is 29.5 Å². The molecule has 1 aliphatic rings. The van der Waals surface area contributed by atoms with Crippen LogP contribution in [0, 0.1) is 0 Å². The second kappa shape index (κ2) is 7.93. The zero-order chi connectivity index (χ0) is 17.8. The Morgan fingerprint density at radius 2 is 1.96 bits per heavy atom. The molecule has 0 fully saturated rings. The van der Waals surface area contributed by atoms with Crippen LogP contribution in [0.25, 0.3) is 0 Å². The van der Waals surface area contributed by atoms with Gasteiger partial charge in [-0.1, -0.05) is 22.0 Å². The topological polar surface area (TPSA) is 66.5 Å². The number of fused-ring (bicyclic) bond motifs is 1. The Kier molecular flexibility index (Phi) is 5.65. The van der Waals surface area contributed by atoms with Crippen molar-refractivity contribution in [1.82, 2.24) is 10.2 Å². The fraction of sp³-hybridized carbons (Fsp3) is 0.278. The van der Waals surface area contributed by atoms with Gasteiger partial charge in [-0.05, 0) is 42.5 Å². The van der Waals surface area contributed by atoms with Crippen molar-refractivity contribution in [2.45, 2.75) is 19.3 Å². The molecule has 0 saturated heterocycles. The van der Waals surface area contributed by atoms with Crippen molar-refractivity contribution in [3.8, 4) is 0 Å². The minimum Gasteiger partial charge on any atom is -0.356 e. The van der Waals surface area contributed by atoms with Gasteiger partial charge in [-0.3, -0.25) is 19.3 Å². The summed E-state index contributed by atoms with van der Waals surface area (Å²) in [4.78, 5) is 38.9. The van der Waals surface area contributed by atoms with Gasteiger partial charge >= 0.3 is 0 Å². The van der Waals surface area contributed by atoms with Gasteiger partial charge in [0, 0.05) is 28.9 Å². The van der Waals surface area contributed by atoms with Gasteiger partial charge in [0.05, 0.1) is 11.1 Å². The van der Waals surface area contributed by atoms with Gasteiger partial charge in [-0.2, -0.15) is 0 Å². The van der Waals surface area contributed by atoms with E-state index in [-0.39, 0.29) is 24.3 Å². The number of halogens is 1. The third-order valence-corrected chi connectivity index (χ3v) is 5.42. The largest absolute Gasteiger partial charge is 0.356 e. The minimum atomic E-state index is -0.292. The molecule has 1 aromatic heterocycles. The Balaban J connectivity index is 1.44. The van der Waals surface area contributed by atoms with Gasteiger partial charge in [-0.15, -0.1) is 11.3 Å². The van der Waals surface area contributed by atoms with Crippen LogP contribution in [0.3, 0.4) is 0 Å². The maximum absolute atomic E-state index is 12.3. The van der Waals surface area contributed by atoms with Gasteiger partial charge in [0.2, 0.25) is 5.91 Å². The Morgan fingerprint density at radius 3 is 2.72 bits per heavy atom. The van der Waals surface area contributed by atoms with E-state index in [9.17, 15) is 14.4 Å². The molecular weight excluding hydrogens is 404 g/mol. The molecule has 5 nitrogen and oxygen atoms in total. The lowest BCUT2D eigenvalue weighted by molar-refractivity contribution is -0.121. The van der Waals surface area contributed by atoms with Crippen LogP contribution in [0.15, 0.2) is 40.2 Å². The molecule has 0 spiro atoms. The third-order valence-electron chi connectivity index (χ3n) is 3.99. The standard InChI is InChI=1S/C18H17BrN2O3S/c19-12-5-6-14-15(11-12)18(24)21(17(14)23)9-1-4-16(22)20-8-7-13-3-2-10-25-13/h2-3,5-6,10-11H,1,4,7-9H2,(H,20,22). The molecule has 2 heterocycles. The molecule has 2 aromatic rings. The molecule has 0 saturated carbocycles. The zero-order valence-electron chi connectivity index (χ0n) is 13.5. The Labute approximate surface area is 158 Å². The van der Waals surface area contributed by atoms with Crippen LogP contribution in [-0.4, -0.2) is 35.7 Å². The normalized spacial score (nSPS) is 13.2. The minimum absolute atomic E-state index is 0.0593. The number of nitrogens with one attached hydrogen (secondary N) is 1. The molecule has 3 amide bonds. The van der Waals surface area contributed by atoms with Crippen molar-refractivity contribution < 1.29 is 14.4 Å². The summed E-state index contributed by atoms with van der Waals surface area (Å²) in [5.74, 6) is -0.638. The first-order valence-electron chi connectivity index (χ1n) is 8.01. The van der Waals surface area contributed by atoms with Crippen LogP contribution in [0.2, 0.25) is 0 Å². The fourth-order valence-electron chi connectivity index (χ4n) is 2.73. The molecule has 0 radical (unpaired) electrons. The Bertz CT molecular complexity index is 805. The van der Waals surface area contributed by atoms with Crippen molar-refractivity contribution in [2.24, 2.45) is 0 Å². The van der Waals surface area contributed by atoms with E-state index in [1.165, 1.54) is 9.78 Å². The fourth-order valence-corrected chi connectivity index (χ4v) is 3.80. The Hall–Kier alpha value is -1.99. The maximum Gasteiger partial charge on any atom is 0.261 e. The van der Waals surface area contributed by atoms with E-state index in [4.69, 9.17) is 0 Å². The number of amides is 3. The first-order valence-corrected chi connectivity index (χ1v) is 9.68. The molecule has 130 valence electrons. The number of carbonyl (C=O) groups is 3. The van der Waals surface area contributed by atoms with Crippen LogP contribution in [0.1, 0.15) is 38.4 Å². The number of hydrogen-bond acceptors (Lipinski definition) is 4.